The number of aromatic amines is 1. The summed E-state index contributed by atoms with van der Waals surface area (Å²) in [5.74, 6) is -1.32. The van der Waals surface area contributed by atoms with Crippen molar-refractivity contribution in [3.8, 4) is 0 Å². The molecule has 5 N–H and O–H groups in total. The van der Waals surface area contributed by atoms with E-state index in [1.165, 1.54) is 30.9 Å². The van der Waals surface area contributed by atoms with Crippen LogP contribution in [0.15, 0.2) is 94.1 Å². The smallest absolute Gasteiger partial charge is 0.370 e. The predicted octanol–water partition coefficient (Wildman–Crippen LogP) is 6.40. The normalized spacial score (nSPS) is 21.5. The molecule has 18 heteroatoms. The monoisotopic (exact) mass is 851 g/mol. The fourth-order valence-electron chi connectivity index (χ4n) is 8.04. The molecule has 6 rings (SSSR count). The van der Waals surface area contributed by atoms with Gasteiger partial charge in [0, 0.05) is 51.3 Å². The Balaban J connectivity index is 1.12. The summed E-state index contributed by atoms with van der Waals surface area (Å²) in [7, 11) is 1.58. The van der Waals surface area contributed by atoms with Gasteiger partial charge in [0.15, 0.2) is 0 Å². The average molecular weight is 852 g/mol. The number of anilines is 1. The van der Waals surface area contributed by atoms with Crippen molar-refractivity contribution in [1.29, 1.82) is 0 Å². The summed E-state index contributed by atoms with van der Waals surface area (Å²) in [6.07, 6.45) is 7.38. The third kappa shape index (κ3) is 11.7. The van der Waals surface area contributed by atoms with E-state index in [1.807, 2.05) is 31.0 Å². The number of rotatable bonds is 16. The zero-order valence-electron chi connectivity index (χ0n) is 34.7. The number of H-pyrrole nitrogens is 1. The van der Waals surface area contributed by atoms with Gasteiger partial charge < -0.3 is 30.6 Å². The van der Waals surface area contributed by atoms with Crippen LogP contribution < -0.4 is 21.3 Å². The maximum atomic E-state index is 15.6. The standard InChI is InChI=1S/C43H53F4N9O5/c1-25(2)38(54-24-60-4)42(59)56-17-5-6-35(56)39-26(3)7-8-29(20-52-39)27-9-11-28(12-10-27)31-18-32(44)33(19-36(31)61-43(45,46)47)55-40(57)30-13-14-37(51-21-30)49-15-16-50-41(58)34-22-48-23-53-34/h9,11,13-14,18,20-23,25-26,35-36,38,54H,5-8,10,12,15-17,19,24H2,1-4H3,(H,48,53)(H,49,51)(H,50,58)(H,55,57). The fraction of sp³-hybridized carbons (Fsp3) is 0.488. The largest absolute Gasteiger partial charge is 0.523 e. The number of aromatic nitrogens is 3. The lowest BCUT2D eigenvalue weighted by Gasteiger charge is -2.33. The lowest BCUT2D eigenvalue weighted by Crippen LogP contribution is -2.53. The molecule has 0 bridgehead atoms. The summed E-state index contributed by atoms with van der Waals surface area (Å²) in [6, 6.07) is 2.46. The summed E-state index contributed by atoms with van der Waals surface area (Å²) < 4.78 is 66.5. The van der Waals surface area contributed by atoms with Crippen LogP contribution in [0.5, 0.6) is 0 Å². The predicted molar refractivity (Wildman–Crippen MR) is 221 cm³/mol. The molecule has 1 saturated heterocycles. The molecule has 4 aliphatic rings. The Morgan fingerprint density at radius 3 is 2.48 bits per heavy atom. The number of alkyl halides is 3. The first-order valence-corrected chi connectivity index (χ1v) is 20.5. The highest BCUT2D eigenvalue weighted by atomic mass is 19.4. The number of hydrogen-bond acceptors (Lipinski definition) is 10. The Hall–Kier alpha value is -5.46. The van der Waals surface area contributed by atoms with Crippen LogP contribution in [0.25, 0.3) is 0 Å². The second-order valence-electron chi connectivity index (χ2n) is 15.8. The molecule has 4 heterocycles. The quantitative estimate of drug-likeness (QED) is 0.0727. The molecule has 4 atom stereocenters. The number of imidazole rings is 1. The Morgan fingerprint density at radius 1 is 1.02 bits per heavy atom. The van der Waals surface area contributed by atoms with Gasteiger partial charge in [-0.3, -0.25) is 29.4 Å². The molecule has 2 aromatic heterocycles. The molecule has 0 aromatic carbocycles. The number of pyridine rings is 1. The van der Waals surface area contributed by atoms with Crippen LogP contribution in [-0.2, 0) is 14.3 Å². The second kappa shape index (κ2) is 20.4. The zero-order chi connectivity index (χ0) is 43.7. The summed E-state index contributed by atoms with van der Waals surface area (Å²) in [4.78, 5) is 56.4. The second-order valence-corrected chi connectivity index (χ2v) is 15.8. The maximum absolute atomic E-state index is 15.6. The lowest BCUT2D eigenvalue weighted by molar-refractivity contribution is -0.337. The number of halogens is 4. The van der Waals surface area contributed by atoms with E-state index in [4.69, 9.17) is 9.73 Å². The molecule has 3 amide bonds. The molecule has 0 radical (unpaired) electrons. The molecule has 4 unspecified atom stereocenters. The van der Waals surface area contributed by atoms with Crippen LogP contribution in [0, 0.1) is 11.8 Å². The number of carbonyl (C=O) groups is 3. The Labute approximate surface area is 352 Å². The van der Waals surface area contributed by atoms with E-state index in [9.17, 15) is 27.6 Å². The van der Waals surface area contributed by atoms with Gasteiger partial charge >= 0.3 is 6.36 Å². The highest BCUT2D eigenvalue weighted by molar-refractivity contribution is 5.97. The van der Waals surface area contributed by atoms with E-state index in [2.05, 4.69) is 47.9 Å². The van der Waals surface area contributed by atoms with Crippen molar-refractivity contribution >= 4 is 29.3 Å². The highest BCUT2D eigenvalue weighted by Gasteiger charge is 2.40. The van der Waals surface area contributed by atoms with Crippen molar-refractivity contribution in [2.45, 2.75) is 90.3 Å². The number of ether oxygens (including phenoxy) is 2. The topological polar surface area (TPSA) is 175 Å². The van der Waals surface area contributed by atoms with E-state index >= 15 is 4.39 Å². The molecule has 0 spiro atoms. The highest BCUT2D eigenvalue weighted by Crippen LogP contribution is 2.39. The summed E-state index contributed by atoms with van der Waals surface area (Å²) in [6.45, 7) is 7.66. The van der Waals surface area contributed by atoms with Crippen LogP contribution in [0.1, 0.15) is 86.6 Å². The molecule has 2 aromatic rings. The van der Waals surface area contributed by atoms with E-state index in [1.54, 1.807) is 13.2 Å². The number of allylic oxidation sites excluding steroid dienone is 6. The van der Waals surface area contributed by atoms with Crippen molar-refractivity contribution in [2.24, 2.45) is 16.8 Å². The van der Waals surface area contributed by atoms with Gasteiger partial charge in [-0.25, -0.2) is 14.4 Å². The average Bonchev–Trinajstić information content (AvgIpc) is 3.92. The van der Waals surface area contributed by atoms with Gasteiger partial charge in [0.1, 0.15) is 17.3 Å². The minimum Gasteiger partial charge on any atom is -0.370 e. The van der Waals surface area contributed by atoms with Crippen LogP contribution in [-0.4, -0.2) is 101 Å². The number of aliphatic imine (C=N–C) groups is 1. The van der Waals surface area contributed by atoms with Crippen molar-refractivity contribution in [2.75, 3.05) is 38.8 Å². The molecule has 2 aliphatic heterocycles. The third-order valence-corrected chi connectivity index (χ3v) is 11.2. The van der Waals surface area contributed by atoms with Crippen molar-refractivity contribution < 1.29 is 41.4 Å². The first-order valence-electron chi connectivity index (χ1n) is 20.5. The number of methoxy groups -OCH3 is 1. The molecule has 2 aliphatic carbocycles. The van der Waals surface area contributed by atoms with E-state index < -0.39 is 30.6 Å². The van der Waals surface area contributed by atoms with Crippen LogP contribution in [0.2, 0.25) is 0 Å². The minimum absolute atomic E-state index is 0.0381. The van der Waals surface area contributed by atoms with Crippen molar-refractivity contribution in [1.82, 2.24) is 35.8 Å². The van der Waals surface area contributed by atoms with Gasteiger partial charge in [0.25, 0.3) is 11.8 Å². The fourth-order valence-corrected chi connectivity index (χ4v) is 8.04. The van der Waals surface area contributed by atoms with Crippen molar-refractivity contribution in [3.05, 3.63) is 100 Å². The molecular formula is C43H53F4N9O5. The molecule has 0 saturated carbocycles. The van der Waals surface area contributed by atoms with Crippen LogP contribution >= 0.6 is 0 Å². The summed E-state index contributed by atoms with van der Waals surface area (Å²) in [5.41, 5.74) is 3.55. The van der Waals surface area contributed by atoms with Crippen LogP contribution in [0.3, 0.4) is 0 Å². The van der Waals surface area contributed by atoms with Gasteiger partial charge in [-0.2, -0.15) is 0 Å². The summed E-state index contributed by atoms with van der Waals surface area (Å²) >= 11 is 0. The van der Waals surface area contributed by atoms with Gasteiger partial charge in [-0.05, 0) is 90.9 Å². The molecule has 1 fully saturated rings. The van der Waals surface area contributed by atoms with Gasteiger partial charge in [0.2, 0.25) is 5.91 Å². The zero-order valence-corrected chi connectivity index (χ0v) is 34.7. The number of carbonyl (C=O) groups excluding carboxylic acids is 3. The number of nitrogens with zero attached hydrogens (tertiary/aromatic N) is 4. The number of likely N-dealkylation sites (tertiary alicyclic amines) is 1. The SMILES string of the molecule is COCNC(C(=O)N1CCCC1C1=NC=C(C2=CC=C(C3=CC(F)=C(NC(=O)c4ccc(NCCNC(=O)c5cnc[nH]5)nc4)CC3OC(F)(F)F)CC2)CCC1C)C(C)C. The Morgan fingerprint density at radius 2 is 1.80 bits per heavy atom. The Bertz CT molecular complexity index is 2090. The summed E-state index contributed by atoms with van der Waals surface area (Å²) in [5, 5.41) is 11.3. The van der Waals surface area contributed by atoms with Gasteiger partial charge in [0.05, 0.1) is 48.7 Å². The third-order valence-electron chi connectivity index (χ3n) is 11.2. The minimum atomic E-state index is -5.02. The molecule has 61 heavy (non-hydrogen) atoms. The molecule has 328 valence electrons. The first kappa shape index (κ1) is 45.1. The number of hydrogen-bond donors (Lipinski definition) is 5. The Kier molecular flexibility index (Phi) is 15.1. The molecule has 14 nitrogen and oxygen atoms in total. The maximum Gasteiger partial charge on any atom is 0.523 e. The van der Waals surface area contributed by atoms with E-state index in [0.29, 0.717) is 43.0 Å². The molecular weight excluding hydrogens is 799 g/mol. The first-order chi connectivity index (χ1) is 29.2. The van der Waals surface area contributed by atoms with Gasteiger partial charge in [-0.15, -0.1) is 13.2 Å². The van der Waals surface area contributed by atoms with E-state index in [0.717, 1.165) is 48.6 Å². The van der Waals surface area contributed by atoms with Crippen LogP contribution in [0.4, 0.5) is 23.4 Å². The van der Waals surface area contributed by atoms with Crippen molar-refractivity contribution in [3.63, 3.8) is 0 Å². The number of nitrogens with one attached hydrogen (secondary N) is 5. The van der Waals surface area contributed by atoms with Gasteiger partial charge in [-0.1, -0.05) is 32.9 Å². The van der Waals surface area contributed by atoms with E-state index in [-0.39, 0.29) is 65.8 Å². The lowest BCUT2D eigenvalue weighted by atomic mass is 9.83. The number of amides is 3.